The van der Waals surface area contributed by atoms with Gasteiger partial charge in [0.05, 0.1) is 4.88 Å². The largest absolute Gasteiger partial charge is 0.488 e. The van der Waals surface area contributed by atoms with E-state index in [1.807, 2.05) is 18.2 Å². The number of halogens is 1. The van der Waals surface area contributed by atoms with Crippen LogP contribution in [0.3, 0.4) is 0 Å². The Kier molecular flexibility index (Phi) is 5.43. The van der Waals surface area contributed by atoms with Gasteiger partial charge in [-0.3, -0.25) is 0 Å². The summed E-state index contributed by atoms with van der Waals surface area (Å²) in [5, 5.41) is 5.48. The molecule has 2 rings (SSSR count). The summed E-state index contributed by atoms with van der Waals surface area (Å²) in [5.74, 6) is 0.955. The first-order chi connectivity index (χ1) is 9.16. The van der Waals surface area contributed by atoms with Gasteiger partial charge < -0.3 is 10.1 Å². The zero-order valence-corrected chi connectivity index (χ0v) is 13.6. The van der Waals surface area contributed by atoms with Crippen molar-refractivity contribution in [2.24, 2.45) is 0 Å². The van der Waals surface area contributed by atoms with Crippen LogP contribution < -0.4 is 10.1 Å². The van der Waals surface area contributed by atoms with Crippen molar-refractivity contribution in [1.29, 1.82) is 0 Å². The molecule has 0 amide bonds. The average molecular weight is 340 g/mol. The number of rotatable bonds is 6. The molecule has 0 bridgehead atoms. The van der Waals surface area contributed by atoms with E-state index in [4.69, 9.17) is 4.74 Å². The molecule has 0 spiro atoms. The van der Waals surface area contributed by atoms with Crippen LogP contribution in [0.4, 0.5) is 0 Å². The van der Waals surface area contributed by atoms with Gasteiger partial charge in [-0.2, -0.15) is 0 Å². The molecule has 2 aromatic rings. The lowest BCUT2D eigenvalue weighted by molar-refractivity contribution is 0.304. The first kappa shape index (κ1) is 14.6. The molecular weight excluding hydrogens is 322 g/mol. The molecule has 1 heterocycles. The summed E-state index contributed by atoms with van der Waals surface area (Å²) < 4.78 is 7.06. The zero-order valence-electron chi connectivity index (χ0n) is 11.2. The van der Waals surface area contributed by atoms with Crippen LogP contribution in [0, 0.1) is 0 Å². The molecule has 19 heavy (non-hydrogen) atoms. The van der Waals surface area contributed by atoms with Crippen molar-refractivity contribution in [2.75, 3.05) is 0 Å². The first-order valence-electron chi connectivity index (χ1n) is 6.33. The van der Waals surface area contributed by atoms with Gasteiger partial charge in [0.2, 0.25) is 0 Å². The van der Waals surface area contributed by atoms with Crippen molar-refractivity contribution in [3.63, 3.8) is 0 Å². The molecule has 0 saturated carbocycles. The number of hydrogen-bond donors (Lipinski definition) is 1. The molecule has 0 aliphatic heterocycles. The Morgan fingerprint density at radius 3 is 2.74 bits per heavy atom. The van der Waals surface area contributed by atoms with Crippen LogP contribution in [0.1, 0.15) is 24.3 Å². The Hall–Kier alpha value is -0.840. The lowest BCUT2D eigenvalue weighted by Gasteiger charge is -2.13. The third kappa shape index (κ3) is 4.34. The maximum atomic E-state index is 5.94. The van der Waals surface area contributed by atoms with Crippen LogP contribution in [0.25, 0.3) is 0 Å². The number of thiophene rings is 1. The van der Waals surface area contributed by atoms with Crippen LogP contribution in [0.5, 0.6) is 5.75 Å². The lowest BCUT2D eigenvalue weighted by Crippen LogP contribution is -2.22. The van der Waals surface area contributed by atoms with E-state index in [0.29, 0.717) is 12.6 Å². The number of benzene rings is 1. The van der Waals surface area contributed by atoms with E-state index in [1.165, 1.54) is 10.4 Å². The lowest BCUT2D eigenvalue weighted by atomic mass is 10.2. The summed E-state index contributed by atoms with van der Waals surface area (Å²) in [6.45, 7) is 5.73. The van der Waals surface area contributed by atoms with Gasteiger partial charge in [-0.15, -0.1) is 11.3 Å². The van der Waals surface area contributed by atoms with Gasteiger partial charge in [0.25, 0.3) is 0 Å². The van der Waals surface area contributed by atoms with Crippen molar-refractivity contribution in [3.05, 3.63) is 50.6 Å². The Balaban J connectivity index is 2.01. The molecule has 0 fully saturated rings. The number of ether oxygens (including phenoxy) is 1. The summed E-state index contributed by atoms with van der Waals surface area (Å²) >= 11 is 5.23. The predicted molar refractivity (Wildman–Crippen MR) is 84.8 cm³/mol. The summed E-state index contributed by atoms with van der Waals surface area (Å²) in [4.78, 5) is 1.21. The molecular formula is C15H18BrNOS. The summed E-state index contributed by atoms with van der Waals surface area (Å²) in [5.41, 5.74) is 1.20. The van der Waals surface area contributed by atoms with Crippen LogP contribution in [-0.2, 0) is 13.2 Å². The minimum atomic E-state index is 0.472. The van der Waals surface area contributed by atoms with Crippen LogP contribution in [0.15, 0.2) is 40.2 Å². The first-order valence-corrected chi connectivity index (χ1v) is 8.00. The van der Waals surface area contributed by atoms with E-state index in [-0.39, 0.29) is 0 Å². The minimum Gasteiger partial charge on any atom is -0.488 e. The smallest absolute Gasteiger partial charge is 0.124 e. The second-order valence-corrected chi connectivity index (χ2v) is 6.48. The molecule has 0 unspecified atom stereocenters. The maximum absolute atomic E-state index is 5.94. The van der Waals surface area contributed by atoms with Gasteiger partial charge in [-0.25, -0.2) is 0 Å². The highest BCUT2D eigenvalue weighted by Crippen LogP contribution is 2.25. The molecule has 4 heteroatoms. The SMILES string of the molecule is CC(C)NCc1ccccc1OCc1sccc1Br. The van der Waals surface area contributed by atoms with E-state index in [9.17, 15) is 0 Å². The van der Waals surface area contributed by atoms with E-state index < -0.39 is 0 Å². The monoisotopic (exact) mass is 339 g/mol. The maximum Gasteiger partial charge on any atom is 0.124 e. The van der Waals surface area contributed by atoms with Gasteiger partial charge in [0, 0.05) is 22.6 Å². The summed E-state index contributed by atoms with van der Waals surface area (Å²) in [6, 6.07) is 10.7. The van der Waals surface area contributed by atoms with Crippen LogP contribution in [-0.4, -0.2) is 6.04 Å². The third-order valence-electron chi connectivity index (χ3n) is 2.72. The van der Waals surface area contributed by atoms with Crippen molar-refractivity contribution in [1.82, 2.24) is 5.32 Å². The van der Waals surface area contributed by atoms with Crippen molar-refractivity contribution >= 4 is 27.3 Å². The molecule has 102 valence electrons. The normalized spacial score (nSPS) is 10.9. The van der Waals surface area contributed by atoms with Gasteiger partial charge in [0.1, 0.15) is 12.4 Å². The summed E-state index contributed by atoms with van der Waals surface area (Å²) in [7, 11) is 0. The van der Waals surface area contributed by atoms with E-state index >= 15 is 0 Å². The van der Waals surface area contributed by atoms with Crippen molar-refractivity contribution < 1.29 is 4.74 Å². The fourth-order valence-corrected chi connectivity index (χ4v) is 3.05. The van der Waals surface area contributed by atoms with Crippen molar-refractivity contribution in [3.8, 4) is 5.75 Å². The average Bonchev–Trinajstić information content (AvgIpc) is 2.80. The fraction of sp³-hybridized carbons (Fsp3) is 0.333. The quantitative estimate of drug-likeness (QED) is 0.831. The molecule has 0 saturated heterocycles. The van der Waals surface area contributed by atoms with E-state index in [0.717, 1.165) is 16.8 Å². The Morgan fingerprint density at radius 2 is 2.05 bits per heavy atom. The van der Waals surface area contributed by atoms with E-state index in [2.05, 4.69) is 52.6 Å². The molecule has 0 atom stereocenters. The van der Waals surface area contributed by atoms with Gasteiger partial charge >= 0.3 is 0 Å². The molecule has 0 aliphatic carbocycles. The van der Waals surface area contributed by atoms with Gasteiger partial charge in [0.15, 0.2) is 0 Å². The van der Waals surface area contributed by atoms with E-state index in [1.54, 1.807) is 11.3 Å². The topological polar surface area (TPSA) is 21.3 Å². The zero-order chi connectivity index (χ0) is 13.7. The number of nitrogens with one attached hydrogen (secondary N) is 1. The second-order valence-electron chi connectivity index (χ2n) is 4.62. The Bertz CT molecular complexity index is 524. The van der Waals surface area contributed by atoms with Crippen molar-refractivity contribution in [2.45, 2.75) is 33.0 Å². The fourth-order valence-electron chi connectivity index (χ4n) is 1.68. The Morgan fingerprint density at radius 1 is 1.26 bits per heavy atom. The molecule has 1 aromatic carbocycles. The molecule has 2 nitrogen and oxygen atoms in total. The predicted octanol–water partition coefficient (Wildman–Crippen LogP) is 4.59. The highest BCUT2D eigenvalue weighted by molar-refractivity contribution is 9.10. The molecule has 0 radical (unpaired) electrons. The second kappa shape index (κ2) is 7.08. The van der Waals surface area contributed by atoms with Gasteiger partial charge in [-0.05, 0) is 33.4 Å². The van der Waals surface area contributed by atoms with Gasteiger partial charge in [-0.1, -0.05) is 32.0 Å². The van der Waals surface area contributed by atoms with Crippen LogP contribution >= 0.6 is 27.3 Å². The molecule has 0 aliphatic rings. The van der Waals surface area contributed by atoms with Crippen LogP contribution in [0.2, 0.25) is 0 Å². The highest BCUT2D eigenvalue weighted by Gasteiger charge is 2.06. The molecule has 1 N–H and O–H groups in total. The summed E-state index contributed by atoms with van der Waals surface area (Å²) in [6.07, 6.45) is 0. The minimum absolute atomic E-state index is 0.472. The molecule has 1 aromatic heterocycles. The number of hydrogen-bond acceptors (Lipinski definition) is 3. The standard InChI is InChI=1S/C15H18BrNOS/c1-11(2)17-9-12-5-3-4-6-14(12)18-10-15-13(16)7-8-19-15/h3-8,11,17H,9-10H2,1-2H3. The third-order valence-corrected chi connectivity index (χ3v) is 4.62. The highest BCUT2D eigenvalue weighted by atomic mass is 79.9. The Labute approximate surface area is 126 Å². The number of para-hydroxylation sites is 1.